The summed E-state index contributed by atoms with van der Waals surface area (Å²) >= 11 is 6.08. The van der Waals surface area contributed by atoms with E-state index in [2.05, 4.69) is 10.5 Å². The average Bonchev–Trinajstić information content (AvgIpc) is 2.81. The van der Waals surface area contributed by atoms with Crippen LogP contribution in [0.2, 0.25) is 5.02 Å². The number of aryl methyl sites for hydroxylation is 1. The molecule has 0 aliphatic heterocycles. The third kappa shape index (κ3) is 6.69. The number of carbonyl (C=O) groups is 1. The lowest BCUT2D eigenvalue weighted by Gasteiger charge is -2.22. The number of carbonyl (C=O) groups excluding carboxylic acids is 1. The van der Waals surface area contributed by atoms with E-state index < -0.39 is 39.8 Å². The minimum absolute atomic E-state index is 0.0122. The molecule has 12 heteroatoms. The number of nitro benzene ring substituents is 1. The van der Waals surface area contributed by atoms with Crippen molar-refractivity contribution in [1.29, 1.82) is 0 Å². The number of sulfonamides is 1. The Labute approximate surface area is 206 Å². The van der Waals surface area contributed by atoms with Gasteiger partial charge in [-0.05, 0) is 31.2 Å². The molecule has 0 saturated heterocycles. The molecule has 0 fully saturated rings. The van der Waals surface area contributed by atoms with Crippen LogP contribution in [0.3, 0.4) is 0 Å². The Bertz CT molecular complexity index is 1360. The van der Waals surface area contributed by atoms with Crippen molar-refractivity contribution in [3.63, 3.8) is 0 Å². The minimum Gasteiger partial charge on any atom is -0.272 e. The summed E-state index contributed by atoms with van der Waals surface area (Å²) in [6.07, 6.45) is 1.18. The Kier molecular flexibility index (Phi) is 8.28. The molecule has 0 unspecified atom stereocenters. The number of benzene rings is 3. The molecule has 3 rings (SSSR count). The topological polar surface area (TPSA) is 122 Å². The van der Waals surface area contributed by atoms with Gasteiger partial charge in [0.15, 0.2) is 0 Å². The summed E-state index contributed by atoms with van der Waals surface area (Å²) in [6, 6.07) is 15.5. The lowest BCUT2D eigenvalue weighted by atomic mass is 10.2. The van der Waals surface area contributed by atoms with Crippen molar-refractivity contribution < 1.29 is 22.5 Å². The van der Waals surface area contributed by atoms with Crippen LogP contribution in [0.25, 0.3) is 0 Å². The second-order valence-corrected chi connectivity index (χ2v) is 9.78. The van der Waals surface area contributed by atoms with E-state index in [4.69, 9.17) is 11.6 Å². The van der Waals surface area contributed by atoms with E-state index in [0.29, 0.717) is 5.56 Å². The van der Waals surface area contributed by atoms with Gasteiger partial charge in [0.2, 0.25) is 10.0 Å². The van der Waals surface area contributed by atoms with E-state index in [1.54, 1.807) is 19.1 Å². The van der Waals surface area contributed by atoms with Crippen molar-refractivity contribution in [1.82, 2.24) is 9.73 Å². The molecule has 182 valence electrons. The lowest BCUT2D eigenvalue weighted by molar-refractivity contribution is -0.384. The number of hydrogen-bond donors (Lipinski definition) is 1. The number of amides is 1. The predicted molar refractivity (Wildman–Crippen MR) is 129 cm³/mol. The van der Waals surface area contributed by atoms with Crippen molar-refractivity contribution in [3.05, 3.63) is 104 Å². The van der Waals surface area contributed by atoms with E-state index in [1.807, 2.05) is 0 Å². The minimum atomic E-state index is -4.22. The Morgan fingerprint density at radius 2 is 1.86 bits per heavy atom. The number of nitrogens with zero attached hydrogens (tertiary/aromatic N) is 3. The molecule has 9 nitrogen and oxygen atoms in total. The highest BCUT2D eigenvalue weighted by molar-refractivity contribution is 7.89. The van der Waals surface area contributed by atoms with Crippen molar-refractivity contribution >= 4 is 39.4 Å². The number of rotatable bonds is 9. The molecule has 1 amide bonds. The zero-order valence-electron chi connectivity index (χ0n) is 18.4. The zero-order chi connectivity index (χ0) is 25.6. The average molecular weight is 519 g/mol. The Morgan fingerprint density at radius 3 is 2.51 bits per heavy atom. The first kappa shape index (κ1) is 25.9. The second kappa shape index (κ2) is 11.2. The molecule has 1 N–H and O–H groups in total. The molecule has 0 heterocycles. The quantitative estimate of drug-likeness (QED) is 0.260. The fourth-order valence-corrected chi connectivity index (χ4v) is 4.63. The van der Waals surface area contributed by atoms with Crippen LogP contribution in [-0.4, -0.2) is 36.3 Å². The molecule has 0 radical (unpaired) electrons. The monoisotopic (exact) mass is 518 g/mol. The van der Waals surface area contributed by atoms with Crippen LogP contribution in [-0.2, 0) is 21.4 Å². The van der Waals surface area contributed by atoms with Crippen molar-refractivity contribution in [2.75, 3.05) is 6.54 Å². The van der Waals surface area contributed by atoms with Crippen molar-refractivity contribution in [3.8, 4) is 0 Å². The van der Waals surface area contributed by atoms with Gasteiger partial charge in [0.05, 0.1) is 22.6 Å². The van der Waals surface area contributed by atoms with Crippen LogP contribution >= 0.6 is 11.6 Å². The van der Waals surface area contributed by atoms with Crippen LogP contribution in [0, 0.1) is 22.9 Å². The van der Waals surface area contributed by atoms with E-state index >= 15 is 0 Å². The van der Waals surface area contributed by atoms with Gasteiger partial charge < -0.3 is 0 Å². The molecule has 0 spiro atoms. The van der Waals surface area contributed by atoms with Gasteiger partial charge in [-0.25, -0.2) is 18.2 Å². The maximum Gasteiger partial charge on any atom is 0.270 e. The smallest absolute Gasteiger partial charge is 0.270 e. The molecule has 0 bridgehead atoms. The van der Waals surface area contributed by atoms with E-state index in [-0.39, 0.29) is 21.2 Å². The second-order valence-electron chi connectivity index (χ2n) is 7.43. The lowest BCUT2D eigenvalue weighted by Crippen LogP contribution is -2.39. The fraction of sp³-hybridized carbons (Fsp3) is 0.130. The van der Waals surface area contributed by atoms with Gasteiger partial charge in [-0.3, -0.25) is 14.9 Å². The van der Waals surface area contributed by atoms with Gasteiger partial charge in [-0.1, -0.05) is 47.5 Å². The van der Waals surface area contributed by atoms with Crippen LogP contribution in [0.15, 0.2) is 76.7 Å². The van der Waals surface area contributed by atoms with Gasteiger partial charge in [0.25, 0.3) is 11.6 Å². The highest BCUT2D eigenvalue weighted by Gasteiger charge is 2.28. The first-order chi connectivity index (χ1) is 16.6. The molecule has 0 aliphatic rings. The Hall–Kier alpha value is -3.67. The molecule has 35 heavy (non-hydrogen) atoms. The van der Waals surface area contributed by atoms with E-state index in [0.717, 1.165) is 15.9 Å². The number of nitro groups is 1. The number of nitrogens with one attached hydrogen (secondary N) is 1. The Morgan fingerprint density at radius 1 is 1.17 bits per heavy atom. The number of halogens is 2. The molecular formula is C23H20ClFN4O5S. The molecule has 0 aliphatic carbocycles. The van der Waals surface area contributed by atoms with Crippen molar-refractivity contribution in [2.24, 2.45) is 5.10 Å². The molecule has 3 aromatic rings. The predicted octanol–water partition coefficient (Wildman–Crippen LogP) is 4.04. The highest BCUT2D eigenvalue weighted by atomic mass is 35.5. The summed E-state index contributed by atoms with van der Waals surface area (Å²) in [5, 5.41) is 14.6. The maximum absolute atomic E-state index is 14.4. The molecule has 0 saturated carbocycles. The first-order valence-electron chi connectivity index (χ1n) is 10.1. The molecule has 0 atom stereocenters. The van der Waals surface area contributed by atoms with Gasteiger partial charge in [0.1, 0.15) is 5.82 Å². The normalized spacial score (nSPS) is 11.7. The van der Waals surface area contributed by atoms with Gasteiger partial charge in [0, 0.05) is 34.8 Å². The first-order valence-corrected chi connectivity index (χ1v) is 12.0. The highest BCUT2D eigenvalue weighted by Crippen LogP contribution is 2.24. The van der Waals surface area contributed by atoms with Crippen LogP contribution in [0.1, 0.15) is 16.7 Å². The third-order valence-electron chi connectivity index (χ3n) is 4.86. The summed E-state index contributed by atoms with van der Waals surface area (Å²) < 4.78 is 41.7. The largest absolute Gasteiger partial charge is 0.272 e. The van der Waals surface area contributed by atoms with Crippen LogP contribution in [0.4, 0.5) is 10.1 Å². The van der Waals surface area contributed by atoms with E-state index in [1.165, 1.54) is 54.7 Å². The number of non-ortho nitro benzene ring substituents is 1. The van der Waals surface area contributed by atoms with Gasteiger partial charge >= 0.3 is 0 Å². The number of hydrazone groups is 1. The standard InChI is InChI=1S/C23H20ClFN4O5S/c1-16-8-10-19(11-9-16)35(33,34)28(14-20-21(24)6-3-7-22(20)25)15-23(30)27-26-13-17-4-2-5-18(12-17)29(31)32/h2-13H,14-15H2,1H3,(H,27,30)/b26-13-. The maximum atomic E-state index is 14.4. The molecular weight excluding hydrogens is 499 g/mol. The summed E-state index contributed by atoms with van der Waals surface area (Å²) in [5.41, 5.74) is 3.13. The van der Waals surface area contributed by atoms with Crippen molar-refractivity contribution in [2.45, 2.75) is 18.4 Å². The SMILES string of the molecule is Cc1ccc(S(=O)(=O)N(CC(=O)N/N=C\c2cccc([N+](=O)[O-])c2)Cc2c(F)cccc2Cl)cc1. The number of hydrogen-bond acceptors (Lipinski definition) is 6. The zero-order valence-corrected chi connectivity index (χ0v) is 20.0. The summed E-state index contributed by atoms with van der Waals surface area (Å²) in [4.78, 5) is 22.8. The van der Waals surface area contributed by atoms with Gasteiger partial charge in [-0.2, -0.15) is 9.41 Å². The summed E-state index contributed by atoms with van der Waals surface area (Å²) in [5.74, 6) is -1.53. The summed E-state index contributed by atoms with van der Waals surface area (Å²) in [6.45, 7) is 0.608. The fourth-order valence-electron chi connectivity index (χ4n) is 3.04. The third-order valence-corrected chi connectivity index (χ3v) is 7.02. The Balaban J connectivity index is 1.83. The molecule has 3 aromatic carbocycles. The van der Waals surface area contributed by atoms with Crippen LogP contribution < -0.4 is 5.43 Å². The van der Waals surface area contributed by atoms with E-state index in [9.17, 15) is 27.7 Å². The van der Waals surface area contributed by atoms with Gasteiger partial charge in [-0.15, -0.1) is 0 Å². The van der Waals surface area contributed by atoms with Crippen LogP contribution in [0.5, 0.6) is 0 Å². The summed E-state index contributed by atoms with van der Waals surface area (Å²) in [7, 11) is -4.22. The molecule has 0 aromatic heterocycles.